The summed E-state index contributed by atoms with van der Waals surface area (Å²) in [7, 11) is 1.76. The fourth-order valence-electron chi connectivity index (χ4n) is 3.61. The van der Waals surface area contributed by atoms with Crippen molar-refractivity contribution in [3.63, 3.8) is 0 Å². The largest absolute Gasteiger partial charge is 0.496 e. The topological polar surface area (TPSA) is 33.6 Å². The smallest absolute Gasteiger partial charge is 0.126 e. The van der Waals surface area contributed by atoms with Crippen LogP contribution in [0.4, 0.5) is 0 Å². The van der Waals surface area contributed by atoms with Crippen molar-refractivity contribution >= 4 is 35.3 Å². The molecule has 1 aliphatic rings. The number of hydrogen-bond donors (Lipinski definition) is 1. The minimum Gasteiger partial charge on any atom is -0.496 e. The van der Waals surface area contributed by atoms with Gasteiger partial charge in [0.25, 0.3) is 0 Å². The molecule has 0 unspecified atom stereocenters. The van der Waals surface area contributed by atoms with Crippen LogP contribution in [0.2, 0.25) is 0 Å². The van der Waals surface area contributed by atoms with Crippen LogP contribution in [0.25, 0.3) is 5.70 Å². The van der Waals surface area contributed by atoms with Crippen molar-refractivity contribution < 1.29 is 4.74 Å². The average Bonchev–Trinajstić information content (AvgIpc) is 2.66. The van der Waals surface area contributed by atoms with E-state index in [1.807, 2.05) is 6.26 Å². The SMILES string of the molecule is COc1c(C(C)(C)C)cc(/C(N=CC2CCNCC2)=C(\Cl)SC)cc1C(C)(C)C. The Hall–Kier alpha value is -0.970. The molecule has 0 amide bonds. The molecule has 1 fully saturated rings. The van der Waals surface area contributed by atoms with Crippen LogP contribution in [0, 0.1) is 5.92 Å². The van der Waals surface area contributed by atoms with Crippen molar-refractivity contribution in [2.45, 2.75) is 65.2 Å². The number of benzene rings is 1. The summed E-state index contributed by atoms with van der Waals surface area (Å²) in [6, 6.07) is 4.42. The molecule has 1 aromatic carbocycles. The molecule has 1 aliphatic heterocycles. The molecular weight excluding hydrogens is 400 g/mol. The van der Waals surface area contributed by atoms with Crippen molar-refractivity contribution in [2.75, 3.05) is 26.5 Å². The van der Waals surface area contributed by atoms with Gasteiger partial charge in [-0.25, -0.2) is 0 Å². The molecule has 0 spiro atoms. The van der Waals surface area contributed by atoms with Gasteiger partial charge in [-0.15, -0.1) is 11.8 Å². The number of nitrogens with one attached hydrogen (secondary N) is 1. The molecule has 0 radical (unpaired) electrons. The molecule has 1 N–H and O–H groups in total. The van der Waals surface area contributed by atoms with Gasteiger partial charge in [0.05, 0.1) is 17.2 Å². The summed E-state index contributed by atoms with van der Waals surface area (Å²) in [6.45, 7) is 15.4. The van der Waals surface area contributed by atoms with Crippen LogP contribution < -0.4 is 10.1 Å². The van der Waals surface area contributed by atoms with Crippen LogP contribution in [0.1, 0.15) is 71.1 Å². The van der Waals surface area contributed by atoms with Crippen LogP contribution in [-0.2, 0) is 10.8 Å². The predicted octanol–water partition coefficient (Wildman–Crippen LogP) is 6.59. The van der Waals surface area contributed by atoms with Crippen LogP contribution in [0.5, 0.6) is 5.75 Å². The van der Waals surface area contributed by atoms with Gasteiger partial charge in [0.2, 0.25) is 0 Å². The summed E-state index contributed by atoms with van der Waals surface area (Å²) in [6.07, 6.45) is 6.35. The van der Waals surface area contributed by atoms with Crippen LogP contribution in [0.15, 0.2) is 21.5 Å². The number of ether oxygens (including phenoxy) is 1. The van der Waals surface area contributed by atoms with Crippen molar-refractivity contribution in [3.05, 3.63) is 33.2 Å². The van der Waals surface area contributed by atoms with Gasteiger partial charge in [0, 0.05) is 22.9 Å². The van der Waals surface area contributed by atoms with Crippen LogP contribution in [-0.4, -0.2) is 32.7 Å². The number of halogens is 1. The molecule has 0 bridgehead atoms. The summed E-state index contributed by atoms with van der Waals surface area (Å²) in [5.41, 5.74) is 4.17. The Labute approximate surface area is 186 Å². The second-order valence-electron chi connectivity index (χ2n) is 9.80. The van der Waals surface area contributed by atoms with E-state index in [0.29, 0.717) is 5.92 Å². The van der Waals surface area contributed by atoms with Crippen molar-refractivity contribution in [1.29, 1.82) is 0 Å². The summed E-state index contributed by atoms with van der Waals surface area (Å²) < 4.78 is 6.63. The molecule has 1 saturated heterocycles. The van der Waals surface area contributed by atoms with Gasteiger partial charge >= 0.3 is 0 Å². The molecule has 162 valence electrons. The molecule has 3 nitrogen and oxygen atoms in total. The van der Waals surface area contributed by atoms with Gasteiger partial charge in [-0.3, -0.25) is 4.99 Å². The fraction of sp³-hybridized carbons (Fsp3) is 0.625. The van der Waals surface area contributed by atoms with E-state index in [2.05, 4.69) is 65.2 Å². The zero-order chi connectivity index (χ0) is 21.8. The summed E-state index contributed by atoms with van der Waals surface area (Å²) in [5.74, 6) is 1.47. The van der Waals surface area contributed by atoms with Gasteiger partial charge in [0.1, 0.15) is 5.75 Å². The summed E-state index contributed by atoms with van der Waals surface area (Å²) in [4.78, 5) is 4.92. The molecule has 0 aliphatic carbocycles. The number of thioether (sulfide) groups is 1. The molecule has 1 aromatic rings. The Bertz CT molecular complexity index is 731. The Morgan fingerprint density at radius 1 is 1.10 bits per heavy atom. The average molecular weight is 437 g/mol. The third-order valence-corrected chi connectivity index (χ3v) is 6.54. The monoisotopic (exact) mass is 436 g/mol. The van der Waals surface area contributed by atoms with Crippen LogP contribution >= 0.6 is 23.4 Å². The minimum absolute atomic E-state index is 0.0585. The Morgan fingerprint density at radius 2 is 1.62 bits per heavy atom. The number of aliphatic imine (C=N–C) groups is 1. The van der Waals surface area contributed by atoms with E-state index in [4.69, 9.17) is 21.3 Å². The number of rotatable bonds is 5. The second kappa shape index (κ2) is 9.89. The van der Waals surface area contributed by atoms with Crippen molar-refractivity contribution in [2.24, 2.45) is 10.9 Å². The van der Waals surface area contributed by atoms with Gasteiger partial charge in [-0.2, -0.15) is 0 Å². The molecule has 29 heavy (non-hydrogen) atoms. The lowest BCUT2D eigenvalue weighted by Gasteiger charge is -2.30. The first kappa shape index (κ1) is 24.3. The highest BCUT2D eigenvalue weighted by molar-refractivity contribution is 8.04. The van der Waals surface area contributed by atoms with Crippen molar-refractivity contribution in [1.82, 2.24) is 5.32 Å². The summed E-state index contributed by atoms with van der Waals surface area (Å²) >= 11 is 8.21. The van der Waals surface area contributed by atoms with E-state index in [1.54, 1.807) is 7.11 Å². The number of methoxy groups -OCH3 is 1. The third-order valence-electron chi connectivity index (χ3n) is 5.35. The molecule has 0 aromatic heterocycles. The zero-order valence-electron chi connectivity index (χ0n) is 19.3. The maximum Gasteiger partial charge on any atom is 0.126 e. The predicted molar refractivity (Wildman–Crippen MR) is 131 cm³/mol. The standard InChI is InChI=1S/C24H37ClN2OS/c1-23(2,3)18-13-17(14-19(21(18)28-7)24(4,5)6)20(22(25)29-8)27-15-16-9-11-26-12-10-16/h13-16,26H,9-12H2,1-8H3/b22-20-,27-15?. The van der Waals surface area contributed by atoms with Gasteiger partial charge in [0.15, 0.2) is 0 Å². The summed E-state index contributed by atoms with van der Waals surface area (Å²) in [5, 5.41) is 3.41. The first-order valence-corrected chi connectivity index (χ1v) is 12.0. The normalized spacial score (nSPS) is 17.6. The Balaban J connectivity index is 2.65. The highest BCUT2D eigenvalue weighted by atomic mass is 35.5. The fourth-order valence-corrected chi connectivity index (χ4v) is 4.13. The highest BCUT2D eigenvalue weighted by Crippen LogP contribution is 2.43. The lowest BCUT2D eigenvalue weighted by atomic mass is 9.78. The number of piperidine rings is 1. The van der Waals surface area contributed by atoms with Gasteiger partial charge < -0.3 is 10.1 Å². The lowest BCUT2D eigenvalue weighted by Crippen LogP contribution is -2.28. The van der Waals surface area contributed by atoms with E-state index >= 15 is 0 Å². The quantitative estimate of drug-likeness (QED) is 0.528. The van der Waals surface area contributed by atoms with Crippen molar-refractivity contribution in [3.8, 4) is 5.75 Å². The first-order valence-electron chi connectivity index (χ1n) is 10.4. The third kappa shape index (κ3) is 6.26. The minimum atomic E-state index is -0.0585. The highest BCUT2D eigenvalue weighted by Gasteiger charge is 2.28. The van der Waals surface area contributed by atoms with E-state index in [1.165, 1.54) is 22.9 Å². The lowest BCUT2D eigenvalue weighted by molar-refractivity contribution is 0.381. The molecule has 0 atom stereocenters. The molecular formula is C24H37ClN2OS. The zero-order valence-corrected chi connectivity index (χ0v) is 20.9. The Morgan fingerprint density at radius 3 is 2.03 bits per heavy atom. The van der Waals surface area contributed by atoms with E-state index in [-0.39, 0.29) is 10.8 Å². The van der Waals surface area contributed by atoms with E-state index < -0.39 is 0 Å². The van der Waals surface area contributed by atoms with Gasteiger partial charge in [-0.1, -0.05) is 53.1 Å². The van der Waals surface area contributed by atoms with Crippen LogP contribution in [0.3, 0.4) is 0 Å². The first-order chi connectivity index (χ1) is 13.5. The number of hydrogen-bond acceptors (Lipinski definition) is 4. The molecule has 1 heterocycles. The number of nitrogens with zero attached hydrogens (tertiary/aromatic N) is 1. The molecule has 0 saturated carbocycles. The maximum absolute atomic E-state index is 6.68. The van der Waals surface area contributed by atoms with Gasteiger partial charge in [-0.05, 0) is 61.1 Å². The van der Waals surface area contributed by atoms with E-state index in [0.717, 1.165) is 47.3 Å². The Kier molecular flexibility index (Phi) is 8.29. The maximum atomic E-state index is 6.68. The molecule has 2 rings (SSSR count). The molecule has 5 heteroatoms. The second-order valence-corrected chi connectivity index (χ2v) is 11.2. The van der Waals surface area contributed by atoms with E-state index in [9.17, 15) is 0 Å².